The fourth-order valence-electron chi connectivity index (χ4n) is 3.74. The molecule has 1 aromatic carbocycles. The first-order valence-electron chi connectivity index (χ1n) is 11.5. The zero-order valence-corrected chi connectivity index (χ0v) is 20.4. The second-order valence-corrected chi connectivity index (χ2v) is 9.88. The Morgan fingerprint density at radius 3 is 2.78 bits per heavy atom. The smallest absolute Gasteiger partial charge is 0.305 e. The molecule has 0 N–H and O–H groups in total. The van der Waals surface area contributed by atoms with Gasteiger partial charge in [-0.2, -0.15) is 0 Å². The van der Waals surface area contributed by atoms with E-state index in [1.807, 2.05) is 19.2 Å². The lowest BCUT2D eigenvalue weighted by atomic mass is 9.79. The lowest BCUT2D eigenvalue weighted by molar-refractivity contribution is -0.143. The van der Waals surface area contributed by atoms with Crippen molar-refractivity contribution in [2.24, 2.45) is 0 Å². The number of thioether (sulfide) groups is 1. The van der Waals surface area contributed by atoms with Gasteiger partial charge in [0.1, 0.15) is 11.4 Å². The second kappa shape index (κ2) is 11.4. The van der Waals surface area contributed by atoms with Crippen LogP contribution in [0.25, 0.3) is 0 Å². The molecule has 1 aromatic heterocycles. The molecule has 0 radical (unpaired) electrons. The lowest BCUT2D eigenvalue weighted by Crippen LogP contribution is -2.26. The van der Waals surface area contributed by atoms with E-state index in [0.717, 1.165) is 65.5 Å². The van der Waals surface area contributed by atoms with E-state index in [-0.39, 0.29) is 11.4 Å². The zero-order valence-electron chi connectivity index (χ0n) is 19.6. The minimum absolute atomic E-state index is 0.0899. The van der Waals surface area contributed by atoms with Crippen molar-refractivity contribution in [2.75, 3.05) is 19.0 Å². The average molecular weight is 452 g/mol. The van der Waals surface area contributed by atoms with E-state index in [9.17, 15) is 4.79 Å². The molecule has 32 heavy (non-hydrogen) atoms. The fraction of sp³-hybridized carbons (Fsp3) is 0.481. The van der Waals surface area contributed by atoms with Crippen molar-refractivity contribution >= 4 is 17.7 Å². The van der Waals surface area contributed by atoms with Crippen LogP contribution in [0.1, 0.15) is 75.8 Å². The second-order valence-electron chi connectivity index (χ2n) is 8.57. The highest BCUT2D eigenvalue weighted by atomic mass is 32.2. The van der Waals surface area contributed by atoms with Gasteiger partial charge in [-0.3, -0.25) is 4.79 Å². The minimum Gasteiger partial charge on any atom is -0.493 e. The quantitative estimate of drug-likeness (QED) is 0.215. The molecule has 3 rings (SSSR count). The van der Waals surface area contributed by atoms with Gasteiger partial charge in [0.15, 0.2) is 0 Å². The normalized spacial score (nSPS) is 14.0. The number of hydrogen-bond acceptors (Lipinski definition) is 5. The SMILES string of the molecule is CCOC(=O)CCCCc1ccc(C#Cc2cc3c(cc2SCC)OCCC3(C)C)nc1. The number of esters is 1. The summed E-state index contributed by atoms with van der Waals surface area (Å²) in [7, 11) is 0. The third kappa shape index (κ3) is 6.53. The van der Waals surface area contributed by atoms with Crippen molar-refractivity contribution in [2.45, 2.75) is 70.1 Å². The number of ether oxygens (including phenoxy) is 2. The molecule has 1 aliphatic rings. The summed E-state index contributed by atoms with van der Waals surface area (Å²) in [5.41, 5.74) is 4.29. The van der Waals surface area contributed by atoms with Gasteiger partial charge in [0.25, 0.3) is 0 Å². The molecule has 0 bridgehead atoms. The molecule has 0 atom stereocenters. The highest BCUT2D eigenvalue weighted by Gasteiger charge is 2.29. The lowest BCUT2D eigenvalue weighted by Gasteiger charge is -2.33. The Morgan fingerprint density at radius 1 is 1.22 bits per heavy atom. The molecule has 0 saturated heterocycles. The number of nitrogens with zero attached hydrogens (tertiary/aromatic N) is 1. The molecule has 0 fully saturated rings. The van der Waals surface area contributed by atoms with Gasteiger partial charge in [0.2, 0.25) is 0 Å². The Balaban J connectivity index is 1.69. The number of hydrogen-bond donors (Lipinski definition) is 0. The number of carbonyl (C=O) groups excluding carboxylic acids is 1. The molecule has 0 aliphatic carbocycles. The Labute approximate surface area is 196 Å². The predicted molar refractivity (Wildman–Crippen MR) is 130 cm³/mol. The van der Waals surface area contributed by atoms with Crippen molar-refractivity contribution in [3.8, 4) is 17.6 Å². The summed E-state index contributed by atoms with van der Waals surface area (Å²) in [4.78, 5) is 17.1. The van der Waals surface area contributed by atoms with Gasteiger partial charge in [-0.25, -0.2) is 4.98 Å². The van der Waals surface area contributed by atoms with Crippen molar-refractivity contribution in [3.63, 3.8) is 0 Å². The number of aromatic nitrogens is 1. The number of aryl methyl sites for hydroxylation is 1. The molecule has 5 heteroatoms. The van der Waals surface area contributed by atoms with Gasteiger partial charge in [-0.1, -0.05) is 32.8 Å². The standard InChI is InChI=1S/C27H33NO3S/c1-5-30-26(29)10-8-7-9-20-11-13-22(28-19-20)14-12-21-17-23-24(18-25(21)32-6-2)31-16-15-27(23,3)4/h11,13,17-19H,5-10,15-16H2,1-4H3. The Bertz CT molecular complexity index is 986. The summed E-state index contributed by atoms with van der Waals surface area (Å²) in [6.45, 7) is 9.73. The Kier molecular flexibility index (Phi) is 8.64. The topological polar surface area (TPSA) is 48.4 Å². The van der Waals surface area contributed by atoms with Crippen LogP contribution in [0.2, 0.25) is 0 Å². The van der Waals surface area contributed by atoms with Gasteiger partial charge in [-0.05, 0) is 73.5 Å². The van der Waals surface area contributed by atoms with E-state index < -0.39 is 0 Å². The molecule has 0 amide bonds. The van der Waals surface area contributed by atoms with Crippen molar-refractivity contribution < 1.29 is 14.3 Å². The third-order valence-corrected chi connectivity index (χ3v) is 6.58. The molecule has 0 saturated carbocycles. The minimum atomic E-state index is -0.117. The first-order valence-corrected chi connectivity index (χ1v) is 12.5. The number of pyridine rings is 1. The molecule has 2 aromatic rings. The largest absolute Gasteiger partial charge is 0.493 e. The van der Waals surface area contributed by atoms with E-state index in [0.29, 0.717) is 13.0 Å². The van der Waals surface area contributed by atoms with Crippen LogP contribution >= 0.6 is 11.8 Å². The number of unbranched alkanes of at least 4 members (excludes halogenated alkanes) is 1. The van der Waals surface area contributed by atoms with Crippen molar-refractivity contribution in [1.82, 2.24) is 4.98 Å². The van der Waals surface area contributed by atoms with Crippen LogP contribution < -0.4 is 4.74 Å². The third-order valence-electron chi connectivity index (χ3n) is 5.65. The zero-order chi connectivity index (χ0) is 23.0. The summed E-state index contributed by atoms with van der Waals surface area (Å²) in [5, 5.41) is 0. The first kappa shape index (κ1) is 24.2. The molecular formula is C27H33NO3S. The molecule has 170 valence electrons. The van der Waals surface area contributed by atoms with E-state index >= 15 is 0 Å². The van der Waals surface area contributed by atoms with E-state index in [1.54, 1.807) is 11.8 Å². The number of rotatable bonds is 8. The molecule has 1 aliphatic heterocycles. The van der Waals surface area contributed by atoms with Gasteiger partial charge in [-0.15, -0.1) is 11.8 Å². The van der Waals surface area contributed by atoms with Crippen molar-refractivity contribution in [1.29, 1.82) is 0 Å². The fourth-order valence-corrected chi connectivity index (χ4v) is 4.51. The average Bonchev–Trinajstić information content (AvgIpc) is 2.76. The Morgan fingerprint density at radius 2 is 2.06 bits per heavy atom. The van der Waals surface area contributed by atoms with E-state index in [4.69, 9.17) is 9.47 Å². The van der Waals surface area contributed by atoms with Crippen LogP contribution in [0.4, 0.5) is 0 Å². The van der Waals surface area contributed by atoms with Gasteiger partial charge >= 0.3 is 5.97 Å². The maximum atomic E-state index is 11.4. The molecule has 4 nitrogen and oxygen atoms in total. The highest BCUT2D eigenvalue weighted by molar-refractivity contribution is 7.99. The molecule has 0 spiro atoms. The van der Waals surface area contributed by atoms with Crippen LogP contribution in [0.5, 0.6) is 5.75 Å². The number of fused-ring (bicyclic) bond motifs is 1. The van der Waals surface area contributed by atoms with Crippen LogP contribution in [0, 0.1) is 11.8 Å². The van der Waals surface area contributed by atoms with Crippen LogP contribution in [0.15, 0.2) is 35.4 Å². The highest BCUT2D eigenvalue weighted by Crippen LogP contribution is 2.41. The molecule has 2 heterocycles. The summed E-state index contributed by atoms with van der Waals surface area (Å²) in [6.07, 6.45) is 6.05. The summed E-state index contributed by atoms with van der Waals surface area (Å²) in [6, 6.07) is 8.41. The van der Waals surface area contributed by atoms with Gasteiger partial charge < -0.3 is 9.47 Å². The molecular weight excluding hydrogens is 418 g/mol. The number of benzene rings is 1. The molecule has 0 unspecified atom stereocenters. The van der Waals surface area contributed by atoms with E-state index in [2.05, 4.69) is 55.8 Å². The maximum Gasteiger partial charge on any atom is 0.305 e. The van der Waals surface area contributed by atoms with Gasteiger partial charge in [0, 0.05) is 28.6 Å². The summed E-state index contributed by atoms with van der Waals surface area (Å²) < 4.78 is 10.9. The monoisotopic (exact) mass is 451 g/mol. The van der Waals surface area contributed by atoms with Gasteiger partial charge in [0.05, 0.1) is 13.2 Å². The van der Waals surface area contributed by atoms with E-state index in [1.165, 1.54) is 5.56 Å². The number of carbonyl (C=O) groups is 1. The summed E-state index contributed by atoms with van der Waals surface area (Å²) >= 11 is 1.79. The Hall–Kier alpha value is -2.45. The maximum absolute atomic E-state index is 11.4. The van der Waals surface area contributed by atoms with Crippen LogP contribution in [-0.4, -0.2) is 29.9 Å². The van der Waals surface area contributed by atoms with Crippen LogP contribution in [0.3, 0.4) is 0 Å². The predicted octanol–water partition coefficient (Wildman–Crippen LogP) is 5.93. The van der Waals surface area contributed by atoms with Crippen LogP contribution in [-0.2, 0) is 21.4 Å². The summed E-state index contributed by atoms with van der Waals surface area (Å²) in [5.74, 6) is 8.46. The van der Waals surface area contributed by atoms with Crippen molar-refractivity contribution in [3.05, 3.63) is 52.8 Å². The first-order chi connectivity index (χ1) is 15.4.